The van der Waals surface area contributed by atoms with Crippen LogP contribution in [0.4, 0.5) is 0 Å². The van der Waals surface area contributed by atoms with Crippen LogP contribution in [0.15, 0.2) is 21.9 Å². The van der Waals surface area contributed by atoms with E-state index in [0.717, 1.165) is 10.6 Å². The average Bonchev–Trinajstić information content (AvgIpc) is 2.76. The first kappa shape index (κ1) is 15.9. The Morgan fingerprint density at radius 2 is 2.10 bits per heavy atom. The number of aliphatic hydroxyl groups is 4. The summed E-state index contributed by atoms with van der Waals surface area (Å²) in [5, 5.41) is 37.8. The lowest BCUT2D eigenvalue weighted by atomic mass is 9.93. The maximum absolute atomic E-state index is 11.8. The number of nitrogens with one attached hydrogen (secondary N) is 1. The first-order chi connectivity index (χ1) is 9.97. The van der Waals surface area contributed by atoms with E-state index in [1.54, 1.807) is 0 Å². The van der Waals surface area contributed by atoms with Crippen molar-refractivity contribution in [3.8, 4) is 0 Å². The highest BCUT2D eigenvalue weighted by Crippen LogP contribution is 2.36. The summed E-state index contributed by atoms with van der Waals surface area (Å²) in [6, 6.07) is 1.13. The highest BCUT2D eigenvalue weighted by Gasteiger charge is 2.45. The fraction of sp³-hybridized carbons (Fsp3) is 0.667. The number of rotatable bonds is 5. The Balaban J connectivity index is 2.34. The van der Waals surface area contributed by atoms with Crippen LogP contribution in [0.5, 0.6) is 0 Å². The molecule has 2 rings (SSSR count). The van der Waals surface area contributed by atoms with Crippen LogP contribution in [0.25, 0.3) is 0 Å². The van der Waals surface area contributed by atoms with Crippen LogP contribution in [0.1, 0.15) is 12.6 Å². The van der Waals surface area contributed by atoms with Crippen molar-refractivity contribution >= 4 is 0 Å². The van der Waals surface area contributed by atoms with Gasteiger partial charge in [0.1, 0.15) is 12.3 Å². The number of H-pyrrole nitrogens is 1. The smallest absolute Gasteiger partial charge is 0.330 e. The van der Waals surface area contributed by atoms with E-state index in [1.165, 1.54) is 6.20 Å². The number of hydrogen-bond acceptors (Lipinski definition) is 7. The first-order valence-electron chi connectivity index (χ1n) is 6.52. The Labute approximate surface area is 119 Å². The SMILES string of the molecule is O=c1ccn([C@@H]2O[C@H](CO)[C@@H](O)[C@H]2CC(O)CO)c(=O)[nH]1. The Hall–Kier alpha value is -1.52. The van der Waals surface area contributed by atoms with Crippen molar-refractivity contribution in [3.63, 3.8) is 0 Å². The molecule has 9 nitrogen and oxygen atoms in total. The molecule has 21 heavy (non-hydrogen) atoms. The molecule has 0 radical (unpaired) electrons. The zero-order valence-electron chi connectivity index (χ0n) is 11.1. The van der Waals surface area contributed by atoms with Crippen molar-refractivity contribution in [1.82, 2.24) is 9.55 Å². The van der Waals surface area contributed by atoms with E-state index in [4.69, 9.17) is 9.84 Å². The number of nitrogens with zero attached hydrogens (tertiary/aromatic N) is 1. The second-order valence-corrected chi connectivity index (χ2v) is 4.99. The largest absolute Gasteiger partial charge is 0.394 e. The van der Waals surface area contributed by atoms with Crippen molar-refractivity contribution in [2.75, 3.05) is 13.2 Å². The van der Waals surface area contributed by atoms with Gasteiger partial charge < -0.3 is 25.2 Å². The second-order valence-electron chi connectivity index (χ2n) is 4.99. The lowest BCUT2D eigenvalue weighted by Gasteiger charge is -2.23. The molecule has 9 heteroatoms. The molecule has 1 saturated heterocycles. The third-order valence-electron chi connectivity index (χ3n) is 3.56. The van der Waals surface area contributed by atoms with Crippen molar-refractivity contribution in [1.29, 1.82) is 0 Å². The third-order valence-corrected chi connectivity index (χ3v) is 3.56. The van der Waals surface area contributed by atoms with E-state index in [-0.39, 0.29) is 6.42 Å². The van der Waals surface area contributed by atoms with E-state index < -0.39 is 54.9 Å². The van der Waals surface area contributed by atoms with E-state index >= 15 is 0 Å². The number of aromatic amines is 1. The summed E-state index contributed by atoms with van der Waals surface area (Å²) in [5.74, 6) is -0.715. The molecule has 0 spiro atoms. The molecular weight excluding hydrogens is 284 g/mol. The molecule has 0 amide bonds. The molecule has 2 heterocycles. The molecule has 5 N–H and O–H groups in total. The van der Waals surface area contributed by atoms with Crippen molar-refractivity contribution in [3.05, 3.63) is 33.1 Å². The molecule has 0 aliphatic carbocycles. The number of ether oxygens (including phenoxy) is 1. The number of aliphatic hydroxyl groups excluding tert-OH is 4. The van der Waals surface area contributed by atoms with Gasteiger partial charge in [-0.3, -0.25) is 14.3 Å². The molecule has 1 aliphatic heterocycles. The Kier molecular flexibility index (Phi) is 4.91. The highest BCUT2D eigenvalue weighted by molar-refractivity contribution is 4.93. The van der Waals surface area contributed by atoms with Gasteiger partial charge in [0, 0.05) is 18.2 Å². The Morgan fingerprint density at radius 3 is 2.67 bits per heavy atom. The maximum atomic E-state index is 11.8. The molecule has 1 aromatic rings. The minimum Gasteiger partial charge on any atom is -0.394 e. The van der Waals surface area contributed by atoms with Gasteiger partial charge in [-0.25, -0.2) is 4.79 Å². The van der Waals surface area contributed by atoms with Crippen LogP contribution in [-0.4, -0.2) is 61.5 Å². The van der Waals surface area contributed by atoms with Gasteiger partial charge in [-0.05, 0) is 6.42 Å². The Bertz CT molecular complexity index is 583. The molecule has 0 bridgehead atoms. The molecule has 1 aromatic heterocycles. The predicted octanol–water partition coefficient (Wildman–Crippen LogP) is -2.85. The predicted molar refractivity (Wildman–Crippen MR) is 69.5 cm³/mol. The summed E-state index contributed by atoms with van der Waals surface area (Å²) in [6.07, 6.45) is -2.87. The van der Waals surface area contributed by atoms with Crippen LogP contribution in [0.2, 0.25) is 0 Å². The average molecular weight is 302 g/mol. The summed E-state index contributed by atoms with van der Waals surface area (Å²) in [5.41, 5.74) is -1.29. The van der Waals surface area contributed by atoms with Crippen molar-refractivity contribution in [2.45, 2.75) is 31.0 Å². The minimum absolute atomic E-state index is 0.0234. The van der Waals surface area contributed by atoms with E-state index in [0.29, 0.717) is 0 Å². The minimum atomic E-state index is -1.11. The maximum Gasteiger partial charge on any atom is 0.330 e. The van der Waals surface area contributed by atoms with Gasteiger partial charge in [-0.1, -0.05) is 0 Å². The van der Waals surface area contributed by atoms with Gasteiger partial charge in [0.25, 0.3) is 5.56 Å². The summed E-state index contributed by atoms with van der Waals surface area (Å²) < 4.78 is 6.51. The van der Waals surface area contributed by atoms with Crippen LogP contribution in [0.3, 0.4) is 0 Å². The van der Waals surface area contributed by atoms with Gasteiger partial charge in [0.15, 0.2) is 0 Å². The van der Waals surface area contributed by atoms with Gasteiger partial charge in [-0.2, -0.15) is 0 Å². The van der Waals surface area contributed by atoms with Crippen LogP contribution in [0, 0.1) is 5.92 Å². The number of hydrogen-bond donors (Lipinski definition) is 5. The molecule has 1 unspecified atom stereocenters. The first-order valence-corrected chi connectivity index (χ1v) is 6.52. The summed E-state index contributed by atoms with van der Waals surface area (Å²) in [4.78, 5) is 24.9. The lowest BCUT2D eigenvalue weighted by molar-refractivity contribution is -0.0499. The molecule has 1 fully saturated rings. The third kappa shape index (κ3) is 3.22. The molecule has 1 aliphatic rings. The Morgan fingerprint density at radius 1 is 1.38 bits per heavy atom. The summed E-state index contributed by atoms with van der Waals surface area (Å²) in [7, 11) is 0. The fourth-order valence-electron chi connectivity index (χ4n) is 2.50. The fourth-order valence-corrected chi connectivity index (χ4v) is 2.50. The van der Waals surface area contributed by atoms with Gasteiger partial charge >= 0.3 is 5.69 Å². The molecule has 5 atom stereocenters. The van der Waals surface area contributed by atoms with Gasteiger partial charge in [0.05, 0.1) is 25.4 Å². The van der Waals surface area contributed by atoms with Crippen LogP contribution < -0.4 is 11.2 Å². The number of aromatic nitrogens is 2. The molecule has 118 valence electrons. The summed E-state index contributed by atoms with van der Waals surface area (Å²) >= 11 is 0. The van der Waals surface area contributed by atoms with Gasteiger partial charge in [-0.15, -0.1) is 0 Å². The zero-order chi connectivity index (χ0) is 15.6. The van der Waals surface area contributed by atoms with Crippen molar-refractivity contribution < 1.29 is 25.2 Å². The molecule has 0 aromatic carbocycles. The van der Waals surface area contributed by atoms with E-state index in [1.807, 2.05) is 0 Å². The second kappa shape index (κ2) is 6.50. The van der Waals surface area contributed by atoms with Crippen LogP contribution in [-0.2, 0) is 4.74 Å². The monoisotopic (exact) mass is 302 g/mol. The van der Waals surface area contributed by atoms with Crippen molar-refractivity contribution in [2.24, 2.45) is 5.92 Å². The van der Waals surface area contributed by atoms with E-state index in [9.17, 15) is 24.9 Å². The quantitative estimate of drug-likeness (QED) is 0.393. The highest BCUT2D eigenvalue weighted by atomic mass is 16.5. The zero-order valence-corrected chi connectivity index (χ0v) is 11.1. The normalized spacial score (nSPS) is 30.5. The van der Waals surface area contributed by atoms with Gasteiger partial charge in [0.2, 0.25) is 0 Å². The lowest BCUT2D eigenvalue weighted by Crippen LogP contribution is -2.36. The molecular formula is C12H18N2O7. The summed E-state index contributed by atoms with van der Waals surface area (Å²) in [6.45, 7) is -0.957. The van der Waals surface area contributed by atoms with Crippen LogP contribution >= 0.6 is 0 Å². The topological polar surface area (TPSA) is 145 Å². The standard InChI is InChI=1S/C12H18N2O7/c15-4-6(17)3-7-10(19)8(5-16)21-11(7)14-2-1-9(18)13-12(14)20/h1-2,6-8,10-11,15-17,19H,3-5H2,(H,13,18,20)/t6?,7-,8-,10+,11-/m1/s1. The molecule has 0 saturated carbocycles. The van der Waals surface area contributed by atoms with E-state index in [2.05, 4.69) is 4.98 Å².